The number of benzene rings is 2. The molecule has 7 nitrogen and oxygen atoms in total. The molecule has 5 rings (SSSR count). The first kappa shape index (κ1) is 15.8. The molecule has 0 amide bonds. The summed E-state index contributed by atoms with van der Waals surface area (Å²) in [6.45, 7) is 1.82. The van der Waals surface area contributed by atoms with Gasteiger partial charge in [-0.3, -0.25) is 0 Å². The van der Waals surface area contributed by atoms with Gasteiger partial charge in [-0.15, -0.1) is 15.0 Å². The average molecular weight is 380 g/mol. The molecule has 0 N–H and O–H groups in total. The van der Waals surface area contributed by atoms with E-state index in [1.165, 1.54) is 16.9 Å². The molecule has 0 atom stereocenters. The molecule has 0 radical (unpaired) electrons. The van der Waals surface area contributed by atoms with Crippen molar-refractivity contribution in [3.05, 3.63) is 65.1 Å². The summed E-state index contributed by atoms with van der Waals surface area (Å²) in [4.78, 5) is 5.93. The van der Waals surface area contributed by atoms with Crippen molar-refractivity contribution in [2.24, 2.45) is 0 Å². The number of nitrogens with zero attached hydrogens (tertiary/aromatic N) is 7. The van der Waals surface area contributed by atoms with Crippen molar-refractivity contribution in [1.29, 1.82) is 0 Å². The van der Waals surface area contributed by atoms with Crippen molar-refractivity contribution in [2.75, 3.05) is 0 Å². The van der Waals surface area contributed by atoms with Gasteiger partial charge in [0, 0.05) is 10.9 Å². The van der Waals surface area contributed by atoms with E-state index >= 15 is 0 Å². The van der Waals surface area contributed by atoms with Crippen LogP contribution in [0.3, 0.4) is 0 Å². The van der Waals surface area contributed by atoms with E-state index in [0.717, 1.165) is 10.9 Å². The fourth-order valence-electron chi connectivity index (χ4n) is 2.97. The van der Waals surface area contributed by atoms with E-state index in [0.29, 0.717) is 33.6 Å². The second-order valence-electron chi connectivity index (χ2n) is 6.00. The Balaban J connectivity index is 1.76. The van der Waals surface area contributed by atoms with Crippen molar-refractivity contribution in [3.8, 4) is 17.2 Å². The van der Waals surface area contributed by atoms with Crippen molar-refractivity contribution >= 4 is 28.2 Å². The van der Waals surface area contributed by atoms with Crippen LogP contribution in [0, 0.1) is 12.7 Å². The average Bonchev–Trinajstić information content (AvgIpc) is 3.27. The Bertz CT molecular complexity index is 1320. The molecule has 3 heterocycles. The van der Waals surface area contributed by atoms with Gasteiger partial charge < -0.3 is 0 Å². The lowest BCUT2D eigenvalue weighted by Gasteiger charge is -2.06. The van der Waals surface area contributed by atoms with Crippen molar-refractivity contribution < 1.29 is 4.39 Å². The maximum atomic E-state index is 13.5. The van der Waals surface area contributed by atoms with Crippen LogP contribution >= 0.6 is 11.6 Å². The molecule has 27 heavy (non-hydrogen) atoms. The smallest absolute Gasteiger partial charge is 0.205 e. The van der Waals surface area contributed by atoms with Crippen LogP contribution < -0.4 is 0 Å². The third-order valence-electron chi connectivity index (χ3n) is 4.24. The minimum atomic E-state index is -0.365. The van der Waals surface area contributed by atoms with Crippen LogP contribution in [-0.4, -0.2) is 34.8 Å². The Morgan fingerprint density at radius 2 is 1.89 bits per heavy atom. The second kappa shape index (κ2) is 5.82. The molecule has 0 fully saturated rings. The van der Waals surface area contributed by atoms with Crippen LogP contribution in [0.4, 0.5) is 4.39 Å². The van der Waals surface area contributed by atoms with Crippen LogP contribution in [0.25, 0.3) is 33.8 Å². The molecule has 9 heteroatoms. The van der Waals surface area contributed by atoms with Gasteiger partial charge in [0.1, 0.15) is 10.8 Å². The highest BCUT2D eigenvalue weighted by atomic mass is 35.5. The van der Waals surface area contributed by atoms with Crippen LogP contribution in [0.1, 0.15) is 5.69 Å². The van der Waals surface area contributed by atoms with Gasteiger partial charge in [0.25, 0.3) is 0 Å². The molecule has 0 aliphatic heterocycles. The molecular formula is C18H11ClFN7. The zero-order chi connectivity index (χ0) is 18.5. The van der Waals surface area contributed by atoms with Crippen LogP contribution in [0.5, 0.6) is 0 Å². The zero-order valence-electron chi connectivity index (χ0n) is 14.0. The SMILES string of the molecule is Cc1nn2c(nc(-n3nnc(-c4cccc(F)c4)n3)c3ccccc32)c1Cl. The number of hydrogen-bond acceptors (Lipinski definition) is 5. The van der Waals surface area contributed by atoms with E-state index in [9.17, 15) is 4.39 Å². The molecule has 3 aromatic heterocycles. The second-order valence-corrected chi connectivity index (χ2v) is 6.38. The Kier molecular flexibility index (Phi) is 3.41. The summed E-state index contributed by atoms with van der Waals surface area (Å²) in [6.07, 6.45) is 0. The molecule has 0 bridgehead atoms. The molecule has 5 aromatic rings. The molecule has 0 aliphatic carbocycles. The molecule has 0 aliphatic rings. The summed E-state index contributed by atoms with van der Waals surface area (Å²) in [5.74, 6) is 0.404. The van der Waals surface area contributed by atoms with E-state index in [-0.39, 0.29) is 5.82 Å². The highest BCUT2D eigenvalue weighted by Gasteiger charge is 2.17. The Labute approximate surface area is 157 Å². The van der Waals surface area contributed by atoms with Gasteiger partial charge in [-0.05, 0) is 36.4 Å². The third-order valence-corrected chi connectivity index (χ3v) is 4.68. The number of aryl methyl sites for hydroxylation is 1. The van der Waals surface area contributed by atoms with Crippen LogP contribution in [0.15, 0.2) is 48.5 Å². The van der Waals surface area contributed by atoms with Crippen molar-refractivity contribution in [1.82, 2.24) is 34.8 Å². The lowest BCUT2D eigenvalue weighted by Crippen LogP contribution is -2.06. The zero-order valence-corrected chi connectivity index (χ0v) is 14.8. The Hall–Kier alpha value is -3.39. The molecule has 0 unspecified atom stereocenters. The van der Waals surface area contributed by atoms with E-state index in [1.807, 2.05) is 31.2 Å². The lowest BCUT2D eigenvalue weighted by molar-refractivity contribution is 0.628. The van der Waals surface area contributed by atoms with Gasteiger partial charge in [-0.1, -0.05) is 35.9 Å². The van der Waals surface area contributed by atoms with Crippen molar-refractivity contribution in [3.63, 3.8) is 0 Å². The monoisotopic (exact) mass is 379 g/mol. The maximum Gasteiger partial charge on any atom is 0.205 e. The fraction of sp³-hybridized carbons (Fsp3) is 0.0556. The van der Waals surface area contributed by atoms with Crippen LogP contribution in [0.2, 0.25) is 5.02 Å². The maximum absolute atomic E-state index is 13.5. The predicted molar refractivity (Wildman–Crippen MR) is 98.3 cm³/mol. The van der Waals surface area contributed by atoms with E-state index in [4.69, 9.17) is 11.6 Å². The third kappa shape index (κ3) is 2.45. The first-order chi connectivity index (χ1) is 13.1. The number of para-hydroxylation sites is 1. The van der Waals surface area contributed by atoms with Gasteiger partial charge in [0.2, 0.25) is 5.82 Å². The van der Waals surface area contributed by atoms with Gasteiger partial charge in [0.05, 0.1) is 11.2 Å². The summed E-state index contributed by atoms with van der Waals surface area (Å²) >= 11 is 6.37. The first-order valence-electron chi connectivity index (χ1n) is 8.12. The number of rotatable bonds is 2. The fourth-order valence-corrected chi connectivity index (χ4v) is 3.13. The lowest BCUT2D eigenvalue weighted by atomic mass is 10.2. The molecule has 0 saturated heterocycles. The topological polar surface area (TPSA) is 73.8 Å². The standard InChI is InChI=1S/C18H11ClFN7/c1-10-15(19)18-21-17(13-7-2-3-8-14(13)26(18)23-10)27-24-16(22-25-27)11-5-4-6-12(20)9-11/h2-9H,1H3. The number of fused-ring (bicyclic) bond motifs is 3. The molecule has 2 aromatic carbocycles. The molecule has 0 saturated carbocycles. The summed E-state index contributed by atoms with van der Waals surface area (Å²) in [6, 6.07) is 13.6. The van der Waals surface area contributed by atoms with Crippen molar-refractivity contribution in [2.45, 2.75) is 6.92 Å². The highest BCUT2D eigenvalue weighted by molar-refractivity contribution is 6.34. The van der Waals surface area contributed by atoms with Crippen LogP contribution in [-0.2, 0) is 0 Å². The van der Waals surface area contributed by atoms with Gasteiger partial charge in [-0.25, -0.2) is 13.9 Å². The number of halogens is 2. The first-order valence-corrected chi connectivity index (χ1v) is 8.49. The molecule has 0 spiro atoms. The van der Waals surface area contributed by atoms with Gasteiger partial charge >= 0.3 is 0 Å². The minimum Gasteiger partial charge on any atom is -0.213 e. The van der Waals surface area contributed by atoms with E-state index in [2.05, 4.69) is 25.5 Å². The predicted octanol–water partition coefficient (Wildman–Crippen LogP) is 3.63. The van der Waals surface area contributed by atoms with E-state index in [1.54, 1.807) is 16.6 Å². The summed E-state index contributed by atoms with van der Waals surface area (Å²) < 4.78 is 15.2. The minimum absolute atomic E-state index is 0.302. The quantitative estimate of drug-likeness (QED) is 0.468. The normalized spacial score (nSPS) is 11.5. The highest BCUT2D eigenvalue weighted by Crippen LogP contribution is 2.27. The largest absolute Gasteiger partial charge is 0.213 e. The summed E-state index contributed by atoms with van der Waals surface area (Å²) in [7, 11) is 0. The number of tetrazole rings is 1. The van der Waals surface area contributed by atoms with Gasteiger partial charge in [-0.2, -0.15) is 5.10 Å². The molecular weight excluding hydrogens is 369 g/mol. The summed E-state index contributed by atoms with van der Waals surface area (Å²) in [5.41, 5.74) is 2.54. The Morgan fingerprint density at radius 3 is 2.74 bits per heavy atom. The molecule has 132 valence electrons. The number of hydrogen-bond donors (Lipinski definition) is 0. The Morgan fingerprint density at radius 1 is 1.04 bits per heavy atom. The number of aromatic nitrogens is 7. The van der Waals surface area contributed by atoms with E-state index < -0.39 is 0 Å². The van der Waals surface area contributed by atoms with Gasteiger partial charge in [0.15, 0.2) is 11.5 Å². The summed E-state index contributed by atoms with van der Waals surface area (Å²) in [5, 5.41) is 18.2.